The molecule has 0 saturated heterocycles. The van der Waals surface area contributed by atoms with Crippen molar-refractivity contribution >= 4 is 17.7 Å². The van der Waals surface area contributed by atoms with E-state index >= 15 is 0 Å². The van der Waals surface area contributed by atoms with E-state index in [0.717, 1.165) is 19.3 Å². The molecule has 1 aromatic heterocycles. The molecule has 3 aromatic rings. The maximum absolute atomic E-state index is 13.5. The van der Waals surface area contributed by atoms with Crippen molar-refractivity contribution in [2.75, 3.05) is 5.75 Å². The van der Waals surface area contributed by atoms with Gasteiger partial charge in [0.15, 0.2) is 5.16 Å². The molecular weight excluding hydrogens is 361 g/mol. The van der Waals surface area contributed by atoms with Crippen LogP contribution >= 0.6 is 11.8 Å². The van der Waals surface area contributed by atoms with Gasteiger partial charge < -0.3 is 5.32 Å². The van der Waals surface area contributed by atoms with E-state index in [1.807, 2.05) is 18.2 Å². The van der Waals surface area contributed by atoms with Crippen molar-refractivity contribution in [3.63, 3.8) is 0 Å². The fourth-order valence-corrected chi connectivity index (χ4v) is 4.27. The molecule has 4 rings (SSSR count). The summed E-state index contributed by atoms with van der Waals surface area (Å²) >= 11 is 1.35. The molecule has 2 aromatic carbocycles. The Bertz CT molecular complexity index is 956. The number of halogens is 1. The first-order valence-electron chi connectivity index (χ1n) is 9.00. The summed E-state index contributed by atoms with van der Waals surface area (Å²) in [5.74, 6) is -0.0493. The number of amides is 1. The number of fused-ring (bicyclic) bond motifs is 1. The van der Waals surface area contributed by atoms with Crippen LogP contribution in [0.1, 0.15) is 30.0 Å². The van der Waals surface area contributed by atoms with Gasteiger partial charge in [-0.2, -0.15) is 0 Å². The van der Waals surface area contributed by atoms with Gasteiger partial charge in [-0.1, -0.05) is 42.1 Å². The standard InChI is InChI=1S/C21H20FN3OS/c22-16-7-4-8-17(13-16)25-12-11-23-21(25)27-14-20(26)24-19-10-3-6-15-5-1-2-9-18(15)19/h1-2,4-5,7-9,11-13,19H,3,6,10,14H2,(H,24,26)/t19-/m1/s1. The molecule has 138 valence electrons. The number of imidazole rings is 1. The molecule has 1 N–H and O–H groups in total. The van der Waals surface area contributed by atoms with Crippen LogP contribution in [0.15, 0.2) is 66.1 Å². The summed E-state index contributed by atoms with van der Waals surface area (Å²) in [6.07, 6.45) is 6.54. The summed E-state index contributed by atoms with van der Waals surface area (Å²) in [7, 11) is 0. The van der Waals surface area contributed by atoms with Gasteiger partial charge in [0, 0.05) is 12.4 Å². The average molecular weight is 381 g/mol. The third kappa shape index (κ3) is 4.06. The smallest absolute Gasteiger partial charge is 0.230 e. The number of thioether (sulfide) groups is 1. The Morgan fingerprint density at radius 2 is 2.15 bits per heavy atom. The van der Waals surface area contributed by atoms with Crippen LogP contribution < -0.4 is 5.32 Å². The highest BCUT2D eigenvalue weighted by Gasteiger charge is 2.21. The first kappa shape index (κ1) is 17.8. The van der Waals surface area contributed by atoms with E-state index in [9.17, 15) is 9.18 Å². The minimum absolute atomic E-state index is 0.0181. The number of carbonyl (C=O) groups excluding carboxylic acids is 1. The number of nitrogens with zero attached hydrogens (tertiary/aromatic N) is 2. The zero-order valence-electron chi connectivity index (χ0n) is 14.8. The fraction of sp³-hybridized carbons (Fsp3) is 0.238. The second-order valence-corrected chi connectivity index (χ2v) is 7.50. The Morgan fingerprint density at radius 3 is 3.04 bits per heavy atom. The summed E-state index contributed by atoms with van der Waals surface area (Å²) in [6, 6.07) is 14.7. The number of hydrogen-bond donors (Lipinski definition) is 1. The molecule has 0 bridgehead atoms. The van der Waals surface area contributed by atoms with Gasteiger partial charge in [-0.05, 0) is 48.6 Å². The average Bonchev–Trinajstić information content (AvgIpc) is 3.15. The summed E-state index contributed by atoms with van der Waals surface area (Å²) < 4.78 is 15.3. The molecular formula is C21H20FN3OS. The monoisotopic (exact) mass is 381 g/mol. The lowest BCUT2D eigenvalue weighted by atomic mass is 9.88. The number of aryl methyl sites for hydroxylation is 1. The van der Waals surface area contributed by atoms with Crippen LogP contribution in [0.4, 0.5) is 4.39 Å². The Labute approximate surface area is 161 Å². The molecule has 1 aliphatic rings. The lowest BCUT2D eigenvalue weighted by Gasteiger charge is -2.26. The van der Waals surface area contributed by atoms with Crippen molar-refractivity contribution in [1.82, 2.24) is 14.9 Å². The number of nitrogens with one attached hydrogen (secondary N) is 1. The minimum Gasteiger partial charge on any atom is -0.349 e. The molecule has 0 aliphatic heterocycles. The number of benzene rings is 2. The molecule has 0 unspecified atom stereocenters. The van der Waals surface area contributed by atoms with Crippen molar-refractivity contribution in [3.8, 4) is 5.69 Å². The molecule has 4 nitrogen and oxygen atoms in total. The normalized spacial score (nSPS) is 16.0. The Balaban J connectivity index is 1.41. The van der Waals surface area contributed by atoms with Gasteiger partial charge in [0.2, 0.25) is 5.91 Å². The second-order valence-electron chi connectivity index (χ2n) is 6.56. The second kappa shape index (κ2) is 7.96. The van der Waals surface area contributed by atoms with Crippen LogP contribution in [-0.2, 0) is 11.2 Å². The van der Waals surface area contributed by atoms with Gasteiger partial charge in [0.1, 0.15) is 5.82 Å². The molecule has 1 aliphatic carbocycles. The first-order valence-corrected chi connectivity index (χ1v) is 9.98. The van der Waals surface area contributed by atoms with Crippen LogP contribution in [0.3, 0.4) is 0 Å². The minimum atomic E-state index is -0.300. The topological polar surface area (TPSA) is 46.9 Å². The summed E-state index contributed by atoms with van der Waals surface area (Å²) in [6.45, 7) is 0. The predicted octanol–water partition coefficient (Wildman–Crippen LogP) is 4.30. The number of hydrogen-bond acceptors (Lipinski definition) is 3. The van der Waals surface area contributed by atoms with Gasteiger partial charge in [-0.25, -0.2) is 9.37 Å². The van der Waals surface area contributed by atoms with E-state index in [2.05, 4.69) is 22.4 Å². The molecule has 1 amide bonds. The summed E-state index contributed by atoms with van der Waals surface area (Å²) in [5, 5.41) is 3.82. The maximum Gasteiger partial charge on any atom is 0.230 e. The molecule has 6 heteroatoms. The number of aromatic nitrogens is 2. The zero-order chi connectivity index (χ0) is 18.6. The quantitative estimate of drug-likeness (QED) is 0.671. The van der Waals surface area contributed by atoms with E-state index in [1.165, 1.54) is 35.0 Å². The van der Waals surface area contributed by atoms with Crippen LogP contribution in [0.2, 0.25) is 0 Å². The van der Waals surface area contributed by atoms with Crippen molar-refractivity contribution in [1.29, 1.82) is 0 Å². The van der Waals surface area contributed by atoms with Crippen molar-refractivity contribution in [3.05, 3.63) is 77.9 Å². The van der Waals surface area contributed by atoms with E-state index in [1.54, 1.807) is 23.0 Å². The maximum atomic E-state index is 13.5. The van der Waals surface area contributed by atoms with Crippen molar-refractivity contribution < 1.29 is 9.18 Å². The first-order chi connectivity index (χ1) is 13.2. The molecule has 1 atom stereocenters. The highest BCUT2D eigenvalue weighted by atomic mass is 32.2. The third-order valence-corrected chi connectivity index (χ3v) is 5.70. The Morgan fingerprint density at radius 1 is 1.26 bits per heavy atom. The molecule has 0 spiro atoms. The van der Waals surface area contributed by atoms with E-state index in [0.29, 0.717) is 10.8 Å². The number of rotatable bonds is 5. The third-order valence-electron chi connectivity index (χ3n) is 4.73. The molecule has 27 heavy (non-hydrogen) atoms. The van der Waals surface area contributed by atoms with Gasteiger partial charge in [-0.15, -0.1) is 0 Å². The lowest BCUT2D eigenvalue weighted by molar-refractivity contribution is -0.119. The highest BCUT2D eigenvalue weighted by Crippen LogP contribution is 2.29. The Kier molecular flexibility index (Phi) is 5.25. The summed E-state index contributed by atoms with van der Waals surface area (Å²) in [4.78, 5) is 16.8. The highest BCUT2D eigenvalue weighted by molar-refractivity contribution is 7.99. The zero-order valence-corrected chi connectivity index (χ0v) is 15.6. The fourth-order valence-electron chi connectivity index (χ4n) is 3.49. The molecule has 0 radical (unpaired) electrons. The van der Waals surface area contributed by atoms with Gasteiger partial charge in [0.05, 0.1) is 17.5 Å². The van der Waals surface area contributed by atoms with Crippen LogP contribution in [-0.4, -0.2) is 21.2 Å². The van der Waals surface area contributed by atoms with Crippen molar-refractivity contribution in [2.24, 2.45) is 0 Å². The lowest BCUT2D eigenvalue weighted by Crippen LogP contribution is -2.32. The van der Waals surface area contributed by atoms with E-state index in [4.69, 9.17) is 0 Å². The van der Waals surface area contributed by atoms with E-state index in [-0.39, 0.29) is 23.5 Å². The predicted molar refractivity (Wildman–Crippen MR) is 105 cm³/mol. The van der Waals surface area contributed by atoms with Crippen LogP contribution in [0.5, 0.6) is 0 Å². The van der Waals surface area contributed by atoms with Gasteiger partial charge >= 0.3 is 0 Å². The molecule has 0 fully saturated rings. The molecule has 0 saturated carbocycles. The molecule has 1 heterocycles. The Hall–Kier alpha value is -2.60. The van der Waals surface area contributed by atoms with E-state index < -0.39 is 0 Å². The van der Waals surface area contributed by atoms with Crippen molar-refractivity contribution in [2.45, 2.75) is 30.5 Å². The SMILES string of the molecule is O=C(CSc1nccn1-c1cccc(F)c1)N[C@@H]1CCCc2ccccc21. The van der Waals surface area contributed by atoms with Crippen LogP contribution in [0.25, 0.3) is 5.69 Å². The van der Waals surface area contributed by atoms with Gasteiger partial charge in [0.25, 0.3) is 0 Å². The largest absolute Gasteiger partial charge is 0.349 e. The number of carbonyl (C=O) groups is 1. The van der Waals surface area contributed by atoms with Crippen LogP contribution in [0, 0.1) is 5.82 Å². The van der Waals surface area contributed by atoms with Gasteiger partial charge in [-0.3, -0.25) is 9.36 Å². The summed E-state index contributed by atoms with van der Waals surface area (Å²) in [5.41, 5.74) is 3.24.